The summed E-state index contributed by atoms with van der Waals surface area (Å²) in [6.07, 6.45) is 2.63. The van der Waals surface area contributed by atoms with Gasteiger partial charge >= 0.3 is 5.97 Å². The van der Waals surface area contributed by atoms with Crippen LogP contribution >= 0.6 is 0 Å². The topological polar surface area (TPSA) is 97.0 Å². The molecule has 21 heavy (non-hydrogen) atoms. The Labute approximate surface area is 119 Å². The molecule has 6 heteroatoms. The van der Waals surface area contributed by atoms with Crippen LogP contribution in [0.4, 0.5) is 0 Å². The fraction of sp³-hybridized carbons (Fsp3) is 0.0667. The minimum atomic E-state index is -0.740. The second kappa shape index (κ2) is 5.96. The second-order valence-corrected chi connectivity index (χ2v) is 4.18. The van der Waals surface area contributed by atoms with Crippen molar-refractivity contribution >= 4 is 12.0 Å². The first-order valence-corrected chi connectivity index (χ1v) is 5.98. The summed E-state index contributed by atoms with van der Waals surface area (Å²) in [4.78, 5) is 22.9. The number of phenolic OH excluding ortho intramolecular Hbond substituents is 1. The van der Waals surface area contributed by atoms with Gasteiger partial charge in [-0.05, 0) is 30.7 Å². The number of phenols is 1. The molecule has 1 aromatic heterocycles. The molecule has 0 saturated carbocycles. The summed E-state index contributed by atoms with van der Waals surface area (Å²) < 4.78 is 9.79. The molecule has 0 bridgehead atoms. The lowest BCUT2D eigenvalue weighted by atomic mass is 10.2. The minimum Gasteiger partial charge on any atom is -0.508 e. The van der Waals surface area contributed by atoms with Gasteiger partial charge in [0.25, 0.3) is 5.95 Å². The molecule has 0 aliphatic carbocycles. The number of hydrogen-bond acceptors (Lipinski definition) is 6. The number of aromatic hydroxyl groups is 2. The van der Waals surface area contributed by atoms with E-state index in [0.717, 1.165) is 12.1 Å². The molecule has 0 unspecified atom stereocenters. The first-order chi connectivity index (χ1) is 9.95. The fourth-order valence-corrected chi connectivity index (χ4v) is 1.51. The first kappa shape index (κ1) is 14.4. The van der Waals surface area contributed by atoms with Crippen LogP contribution in [0.5, 0.6) is 17.4 Å². The Hall–Kier alpha value is -3.02. The van der Waals surface area contributed by atoms with Crippen LogP contribution in [0.1, 0.15) is 11.3 Å². The average molecular weight is 288 g/mol. The molecule has 2 N–H and O–H groups in total. The van der Waals surface area contributed by atoms with Crippen LogP contribution < -0.4 is 10.2 Å². The number of hydrogen-bond donors (Lipinski definition) is 2. The summed E-state index contributed by atoms with van der Waals surface area (Å²) >= 11 is 0. The van der Waals surface area contributed by atoms with Crippen LogP contribution in [-0.4, -0.2) is 16.2 Å². The zero-order valence-electron chi connectivity index (χ0n) is 11.1. The lowest BCUT2D eigenvalue weighted by Crippen LogP contribution is -2.07. The molecule has 1 aromatic carbocycles. The Morgan fingerprint density at radius 2 is 1.90 bits per heavy atom. The van der Waals surface area contributed by atoms with Gasteiger partial charge in [0.05, 0.1) is 6.07 Å². The van der Waals surface area contributed by atoms with Crippen molar-refractivity contribution in [1.82, 2.24) is 0 Å². The van der Waals surface area contributed by atoms with Gasteiger partial charge in [-0.1, -0.05) is 12.1 Å². The number of esters is 1. The smallest absolute Gasteiger partial charge is 0.338 e. The van der Waals surface area contributed by atoms with Gasteiger partial charge in [-0.3, -0.25) is 4.79 Å². The monoisotopic (exact) mass is 288 g/mol. The maximum Gasteiger partial charge on any atom is 0.338 e. The molecule has 108 valence electrons. The van der Waals surface area contributed by atoms with Gasteiger partial charge in [0.15, 0.2) is 5.76 Å². The summed E-state index contributed by atoms with van der Waals surface area (Å²) in [5.74, 6) is -1.47. The quantitative estimate of drug-likeness (QED) is 0.662. The third-order valence-corrected chi connectivity index (χ3v) is 2.58. The standard InChI is InChI=1S/C15H12O6/c1-9-15(19)12(17)8-14(20-9)21-13(18)7-4-10-2-5-11(16)6-3-10/h2-8,16,19H,1H3. The van der Waals surface area contributed by atoms with Gasteiger partial charge in [0.2, 0.25) is 11.2 Å². The highest BCUT2D eigenvalue weighted by Crippen LogP contribution is 2.17. The van der Waals surface area contributed by atoms with Gasteiger partial charge in [0.1, 0.15) is 5.75 Å². The maximum absolute atomic E-state index is 11.6. The van der Waals surface area contributed by atoms with E-state index >= 15 is 0 Å². The molecule has 2 rings (SSSR count). The SMILES string of the molecule is Cc1oc(OC(=O)C=Cc2ccc(O)cc2)cc(=O)c1O. The normalized spacial score (nSPS) is 10.7. The van der Waals surface area contributed by atoms with Crippen LogP contribution in [0.2, 0.25) is 0 Å². The predicted octanol–water partition coefficient (Wildman–Crippen LogP) is 1.98. The second-order valence-electron chi connectivity index (χ2n) is 4.18. The molecule has 1 heterocycles. The van der Waals surface area contributed by atoms with E-state index in [-0.39, 0.29) is 17.5 Å². The summed E-state index contributed by atoms with van der Waals surface area (Å²) in [5, 5.41) is 18.4. The van der Waals surface area contributed by atoms with Crippen molar-refractivity contribution in [3.05, 3.63) is 58.0 Å². The Morgan fingerprint density at radius 3 is 2.52 bits per heavy atom. The van der Waals surface area contributed by atoms with Crippen molar-refractivity contribution in [1.29, 1.82) is 0 Å². The number of carbonyl (C=O) groups excluding carboxylic acids is 1. The van der Waals surface area contributed by atoms with E-state index in [2.05, 4.69) is 0 Å². The molecule has 6 nitrogen and oxygen atoms in total. The third kappa shape index (κ3) is 3.73. The molecule has 0 amide bonds. The molecule has 0 spiro atoms. The number of carbonyl (C=O) groups is 1. The van der Waals surface area contributed by atoms with E-state index in [1.54, 1.807) is 12.1 Å². The van der Waals surface area contributed by atoms with Gasteiger partial charge in [0, 0.05) is 6.08 Å². The summed E-state index contributed by atoms with van der Waals surface area (Å²) in [6, 6.07) is 7.07. The molecule has 0 aliphatic rings. The van der Waals surface area contributed by atoms with Crippen molar-refractivity contribution in [2.75, 3.05) is 0 Å². The van der Waals surface area contributed by atoms with Gasteiger partial charge in [-0.15, -0.1) is 0 Å². The number of rotatable bonds is 3. The third-order valence-electron chi connectivity index (χ3n) is 2.58. The van der Waals surface area contributed by atoms with Gasteiger partial charge < -0.3 is 19.4 Å². The molecule has 0 radical (unpaired) electrons. The van der Waals surface area contributed by atoms with Crippen LogP contribution in [-0.2, 0) is 4.79 Å². The molecule has 0 aliphatic heterocycles. The van der Waals surface area contributed by atoms with Gasteiger partial charge in [-0.2, -0.15) is 0 Å². The zero-order valence-corrected chi connectivity index (χ0v) is 11.1. The number of ether oxygens (including phenoxy) is 1. The maximum atomic E-state index is 11.6. The average Bonchev–Trinajstić information content (AvgIpc) is 2.44. The highest BCUT2D eigenvalue weighted by Gasteiger charge is 2.10. The predicted molar refractivity (Wildman–Crippen MR) is 74.2 cm³/mol. The Kier molecular flexibility index (Phi) is 4.08. The van der Waals surface area contributed by atoms with Crippen molar-refractivity contribution in [3.63, 3.8) is 0 Å². The van der Waals surface area contributed by atoms with Crippen molar-refractivity contribution in [2.45, 2.75) is 6.92 Å². The highest BCUT2D eigenvalue weighted by atomic mass is 16.6. The highest BCUT2D eigenvalue weighted by molar-refractivity contribution is 5.88. The molecular formula is C15H12O6. The summed E-state index contributed by atoms with van der Waals surface area (Å²) in [6.45, 7) is 1.38. The first-order valence-electron chi connectivity index (χ1n) is 5.98. The Balaban J connectivity index is 2.08. The molecular weight excluding hydrogens is 276 g/mol. The van der Waals surface area contributed by atoms with Gasteiger partial charge in [-0.25, -0.2) is 4.79 Å². The van der Waals surface area contributed by atoms with Crippen LogP contribution in [0.25, 0.3) is 6.08 Å². The molecule has 0 saturated heterocycles. The van der Waals surface area contributed by atoms with Crippen LogP contribution in [0.15, 0.2) is 45.6 Å². The van der Waals surface area contributed by atoms with E-state index in [1.807, 2.05) is 0 Å². The van der Waals surface area contributed by atoms with E-state index in [4.69, 9.17) is 14.3 Å². The number of aryl methyl sites for hydroxylation is 1. The van der Waals surface area contributed by atoms with E-state index in [9.17, 15) is 14.7 Å². The summed E-state index contributed by atoms with van der Waals surface area (Å²) in [7, 11) is 0. The molecule has 0 atom stereocenters. The minimum absolute atomic E-state index is 0.0344. The van der Waals surface area contributed by atoms with Crippen LogP contribution in [0.3, 0.4) is 0 Å². The molecule has 0 fully saturated rings. The fourth-order valence-electron chi connectivity index (χ4n) is 1.51. The van der Waals surface area contributed by atoms with E-state index in [0.29, 0.717) is 5.56 Å². The lowest BCUT2D eigenvalue weighted by Gasteiger charge is -2.02. The summed E-state index contributed by atoms with van der Waals surface area (Å²) in [5.41, 5.74) is -0.00264. The van der Waals surface area contributed by atoms with E-state index < -0.39 is 17.1 Å². The largest absolute Gasteiger partial charge is 0.508 e. The Bertz CT molecular complexity index is 740. The lowest BCUT2D eigenvalue weighted by molar-refractivity contribution is -0.130. The molecule has 2 aromatic rings. The van der Waals surface area contributed by atoms with Crippen molar-refractivity contribution in [2.24, 2.45) is 0 Å². The van der Waals surface area contributed by atoms with Crippen molar-refractivity contribution in [3.8, 4) is 17.4 Å². The van der Waals surface area contributed by atoms with E-state index in [1.165, 1.54) is 25.1 Å². The Morgan fingerprint density at radius 1 is 1.24 bits per heavy atom. The van der Waals surface area contributed by atoms with Crippen molar-refractivity contribution < 1.29 is 24.2 Å². The number of benzene rings is 1. The zero-order chi connectivity index (χ0) is 15.4. The van der Waals surface area contributed by atoms with Crippen LogP contribution in [0, 0.1) is 6.92 Å².